The number of likely N-dealkylation sites (tertiary alicyclic amines) is 1. The molecule has 7 nitrogen and oxygen atoms in total. The first kappa shape index (κ1) is 27.3. The molecular weight excluding hydrogens is 547 g/mol. The maximum absolute atomic E-state index is 12.3. The summed E-state index contributed by atoms with van der Waals surface area (Å²) in [5.74, 6) is 0.831. The predicted octanol–water partition coefficient (Wildman–Crippen LogP) is 5.74. The average molecular weight is 576 g/mol. The van der Waals surface area contributed by atoms with Gasteiger partial charge in [0.1, 0.15) is 18.0 Å². The highest BCUT2D eigenvalue weighted by Gasteiger charge is 2.41. The van der Waals surface area contributed by atoms with Crippen LogP contribution in [0.3, 0.4) is 0 Å². The molecule has 0 atom stereocenters. The van der Waals surface area contributed by atoms with Crippen molar-refractivity contribution < 1.29 is 22.7 Å². The van der Waals surface area contributed by atoms with Crippen LogP contribution >= 0.6 is 34.8 Å². The van der Waals surface area contributed by atoms with Gasteiger partial charge in [-0.3, -0.25) is 4.98 Å². The van der Waals surface area contributed by atoms with Crippen molar-refractivity contribution in [3.8, 4) is 17.0 Å². The van der Waals surface area contributed by atoms with Crippen LogP contribution in [-0.2, 0) is 26.7 Å². The minimum atomic E-state index is -3.17. The molecule has 0 saturated carbocycles. The lowest BCUT2D eigenvalue weighted by Crippen LogP contribution is -2.51. The molecule has 1 spiro atoms. The Morgan fingerprint density at radius 3 is 2.50 bits per heavy atom. The van der Waals surface area contributed by atoms with Crippen LogP contribution in [0.25, 0.3) is 11.3 Å². The first-order valence-electron chi connectivity index (χ1n) is 11.8. The van der Waals surface area contributed by atoms with E-state index < -0.39 is 25.0 Å². The minimum Gasteiger partial charge on any atom is -0.487 e. The van der Waals surface area contributed by atoms with Gasteiger partial charge in [0, 0.05) is 37.7 Å². The Kier molecular flexibility index (Phi) is 8.01. The van der Waals surface area contributed by atoms with E-state index in [1.807, 2.05) is 24.3 Å². The molecule has 196 valence electrons. The van der Waals surface area contributed by atoms with E-state index in [0.717, 1.165) is 35.4 Å². The number of fused-ring (bicyclic) bond motifs is 1. The summed E-state index contributed by atoms with van der Waals surface area (Å²) >= 11 is 17.0. The zero-order chi connectivity index (χ0) is 26.1. The molecule has 2 aromatic rings. The predicted molar refractivity (Wildman–Crippen MR) is 142 cm³/mol. The third kappa shape index (κ3) is 6.57. The number of aryl methyl sites for hydroxylation is 1. The fourth-order valence-corrected chi connectivity index (χ4v) is 5.58. The number of alkyl halides is 3. The zero-order valence-corrected chi connectivity index (χ0v) is 23.3. The number of nitrogens with zero attached hydrogens (tertiary/aromatic N) is 2. The van der Waals surface area contributed by atoms with Gasteiger partial charge in [-0.25, -0.2) is 13.2 Å². The number of hydrogen-bond donors (Lipinski definition) is 0. The summed E-state index contributed by atoms with van der Waals surface area (Å²) in [5, 5.41) is -0.421. The van der Waals surface area contributed by atoms with E-state index in [0.29, 0.717) is 31.5 Å². The number of hydrogen-bond acceptors (Lipinski definition) is 6. The van der Waals surface area contributed by atoms with Crippen molar-refractivity contribution in [2.75, 3.05) is 19.7 Å². The third-order valence-corrected chi connectivity index (χ3v) is 9.24. The number of halogens is 3. The van der Waals surface area contributed by atoms with E-state index in [2.05, 4.69) is 11.1 Å². The maximum atomic E-state index is 12.3. The number of pyridine rings is 1. The normalized spacial score (nSPS) is 17.6. The third-order valence-electron chi connectivity index (χ3n) is 6.74. The number of carbonyl (C=O) groups excluding carboxylic acids is 1. The molecule has 0 aliphatic carbocycles. The summed E-state index contributed by atoms with van der Waals surface area (Å²) < 4.78 is 34.3. The van der Waals surface area contributed by atoms with Crippen LogP contribution in [0.4, 0.5) is 4.79 Å². The molecule has 1 fully saturated rings. The first-order chi connectivity index (χ1) is 16.9. The molecule has 2 aliphatic heterocycles. The summed E-state index contributed by atoms with van der Waals surface area (Å²) in [6, 6.07) is 9.69. The molecule has 0 radical (unpaired) electrons. The topological polar surface area (TPSA) is 85.8 Å². The van der Waals surface area contributed by atoms with Crippen molar-refractivity contribution in [1.82, 2.24) is 9.88 Å². The molecule has 0 bridgehead atoms. The van der Waals surface area contributed by atoms with Gasteiger partial charge in [-0.1, -0.05) is 40.9 Å². The molecule has 0 N–H and O–H groups in total. The lowest BCUT2D eigenvalue weighted by Gasteiger charge is -2.44. The number of amides is 1. The minimum absolute atomic E-state index is 0.0138. The molecule has 2 aliphatic rings. The van der Waals surface area contributed by atoms with Crippen LogP contribution in [-0.4, -0.2) is 58.7 Å². The number of piperidine rings is 1. The summed E-state index contributed by atoms with van der Waals surface area (Å²) in [6.07, 6.45) is 4.23. The average Bonchev–Trinajstić information content (AvgIpc) is 2.82. The first-order valence-corrected chi connectivity index (χ1v) is 14.7. The summed E-state index contributed by atoms with van der Waals surface area (Å²) in [6.45, 7) is 4.09. The number of aromatic nitrogens is 1. The van der Waals surface area contributed by atoms with Gasteiger partial charge in [0.05, 0.1) is 16.7 Å². The van der Waals surface area contributed by atoms with E-state index >= 15 is 0 Å². The number of carbonyl (C=O) groups is 1. The number of benzene rings is 1. The fourth-order valence-electron chi connectivity index (χ4n) is 4.44. The van der Waals surface area contributed by atoms with E-state index in [1.54, 1.807) is 24.9 Å². The quantitative estimate of drug-likeness (QED) is 0.423. The van der Waals surface area contributed by atoms with Crippen LogP contribution < -0.4 is 4.74 Å². The van der Waals surface area contributed by atoms with Crippen molar-refractivity contribution in [1.29, 1.82) is 0 Å². The zero-order valence-electron chi connectivity index (χ0n) is 20.2. The Morgan fingerprint density at radius 2 is 1.89 bits per heavy atom. The van der Waals surface area contributed by atoms with E-state index in [4.69, 9.17) is 44.3 Å². The van der Waals surface area contributed by atoms with Crippen molar-refractivity contribution in [3.05, 3.63) is 47.7 Å². The van der Waals surface area contributed by atoms with Crippen LogP contribution in [0, 0.1) is 0 Å². The van der Waals surface area contributed by atoms with Gasteiger partial charge in [0.25, 0.3) is 0 Å². The fraction of sp³-hybridized carbons (Fsp3) is 0.520. The molecule has 1 aromatic heterocycles. The molecule has 36 heavy (non-hydrogen) atoms. The number of rotatable bonds is 5. The Morgan fingerprint density at radius 1 is 1.17 bits per heavy atom. The van der Waals surface area contributed by atoms with Crippen LogP contribution in [0.15, 0.2) is 36.5 Å². The summed E-state index contributed by atoms with van der Waals surface area (Å²) in [5.41, 5.74) is 3.21. The number of sulfone groups is 1. The Balaban J connectivity index is 1.38. The lowest BCUT2D eigenvalue weighted by molar-refractivity contribution is -0.0141. The largest absolute Gasteiger partial charge is 0.487 e. The van der Waals surface area contributed by atoms with E-state index in [-0.39, 0.29) is 18.0 Å². The Bertz CT molecular complexity index is 1210. The van der Waals surface area contributed by atoms with Crippen molar-refractivity contribution in [3.63, 3.8) is 0 Å². The maximum Gasteiger partial charge on any atom is 0.409 e. The van der Waals surface area contributed by atoms with Gasteiger partial charge in [-0.15, -0.1) is 0 Å². The standard InChI is InChI=1S/C25H29Cl3N2O5S/c1-17(2)36(32,33)15-18-3-5-21(29-14-18)19-4-6-22-20(13-19)7-8-24(35-22)9-11-30(12-10-24)23(31)34-16-25(26,27)28/h3-6,13-14,17H,7-12,15-16H2,1-2H3. The second kappa shape index (κ2) is 10.6. The Labute approximate surface area is 226 Å². The smallest absolute Gasteiger partial charge is 0.409 e. The van der Waals surface area contributed by atoms with E-state index in [9.17, 15) is 13.2 Å². The molecule has 11 heteroatoms. The van der Waals surface area contributed by atoms with E-state index in [1.165, 1.54) is 0 Å². The highest BCUT2D eigenvalue weighted by atomic mass is 35.6. The molecule has 3 heterocycles. The van der Waals surface area contributed by atoms with Crippen LogP contribution in [0.1, 0.15) is 44.2 Å². The highest BCUT2D eigenvalue weighted by molar-refractivity contribution is 7.91. The molecule has 0 unspecified atom stereocenters. The van der Waals surface area contributed by atoms with Crippen molar-refractivity contribution in [2.45, 2.75) is 59.9 Å². The van der Waals surface area contributed by atoms with Crippen molar-refractivity contribution in [2.24, 2.45) is 0 Å². The second-order valence-electron chi connectivity index (χ2n) is 9.67. The second-order valence-corrected chi connectivity index (χ2v) is 14.7. The van der Waals surface area contributed by atoms with Crippen LogP contribution in [0.5, 0.6) is 5.75 Å². The highest BCUT2D eigenvalue weighted by Crippen LogP contribution is 2.41. The van der Waals surface area contributed by atoms with Gasteiger partial charge in [0.15, 0.2) is 9.84 Å². The molecule has 4 rings (SSSR count). The van der Waals surface area contributed by atoms with Gasteiger partial charge in [-0.05, 0) is 62.1 Å². The van der Waals surface area contributed by atoms with Gasteiger partial charge in [0.2, 0.25) is 3.79 Å². The van der Waals surface area contributed by atoms with Crippen LogP contribution in [0.2, 0.25) is 0 Å². The van der Waals surface area contributed by atoms with Gasteiger partial charge in [-0.2, -0.15) is 0 Å². The molecule has 1 aromatic carbocycles. The van der Waals surface area contributed by atoms with Crippen molar-refractivity contribution >= 4 is 50.7 Å². The molecule has 1 saturated heterocycles. The molecule has 1 amide bonds. The number of ether oxygens (including phenoxy) is 2. The lowest BCUT2D eigenvalue weighted by atomic mass is 9.83. The van der Waals surface area contributed by atoms with Gasteiger partial charge >= 0.3 is 6.09 Å². The summed E-state index contributed by atoms with van der Waals surface area (Å²) in [4.78, 5) is 18.4. The van der Waals surface area contributed by atoms with Gasteiger partial charge < -0.3 is 14.4 Å². The summed E-state index contributed by atoms with van der Waals surface area (Å²) in [7, 11) is -3.17. The Hall–Kier alpha value is -1.74. The SMILES string of the molecule is CC(C)S(=O)(=O)Cc1ccc(-c2ccc3c(c2)CCC2(CCN(C(=O)OCC(Cl)(Cl)Cl)CC2)O3)nc1. The molecular formula is C25H29Cl3N2O5S. The monoisotopic (exact) mass is 574 g/mol.